The molecule has 8 nitrogen and oxygen atoms in total. The van der Waals surface area contributed by atoms with Crippen LogP contribution < -0.4 is 11.1 Å². The van der Waals surface area contributed by atoms with Gasteiger partial charge in [-0.2, -0.15) is 0 Å². The molecule has 5 rings (SSSR count). The molecule has 4 N–H and O–H groups in total. The summed E-state index contributed by atoms with van der Waals surface area (Å²) in [6.45, 7) is 0. The lowest BCUT2D eigenvalue weighted by molar-refractivity contribution is 0.0990. The van der Waals surface area contributed by atoms with Crippen LogP contribution in [0.1, 0.15) is 20.9 Å². The third-order valence-corrected chi connectivity index (χ3v) is 5.39. The predicted molar refractivity (Wildman–Crippen MR) is 125 cm³/mol. The number of nitrogens with one attached hydrogen (secondary N) is 2. The molecule has 2 amide bonds. The van der Waals surface area contributed by atoms with Crippen molar-refractivity contribution in [2.45, 2.75) is 0 Å². The van der Waals surface area contributed by atoms with Gasteiger partial charge in [0.15, 0.2) is 11.4 Å². The normalized spacial score (nSPS) is 10.9. The van der Waals surface area contributed by atoms with E-state index in [1.165, 1.54) is 6.26 Å². The number of primary amides is 1. The van der Waals surface area contributed by atoms with Crippen molar-refractivity contribution in [2.75, 3.05) is 5.32 Å². The number of aromatic amines is 1. The topological polar surface area (TPSA) is 127 Å². The number of aromatic nitrogens is 3. The number of rotatable bonds is 5. The summed E-state index contributed by atoms with van der Waals surface area (Å²) in [4.78, 5) is 35.8. The standard InChI is InChI=1S/C24H16ClN5O3/c25-18-8-7-16(28-24(32)20-2-1-9-33-20)11-17(18)22-29-19-10-15(12-27-23(19)30-22)13-3-5-14(6-4-13)21(26)31/h1-12H,(H2,26,31)(H,28,32)(H,27,29,30). The van der Waals surface area contributed by atoms with E-state index < -0.39 is 5.91 Å². The van der Waals surface area contributed by atoms with Gasteiger partial charge in [-0.3, -0.25) is 9.59 Å². The zero-order valence-corrected chi connectivity index (χ0v) is 17.8. The third kappa shape index (κ3) is 4.07. The van der Waals surface area contributed by atoms with Gasteiger partial charge in [0.1, 0.15) is 5.82 Å². The number of nitrogens with two attached hydrogens (primary N) is 1. The molecule has 0 aliphatic rings. The summed E-state index contributed by atoms with van der Waals surface area (Å²) in [5.74, 6) is -0.131. The van der Waals surface area contributed by atoms with E-state index in [4.69, 9.17) is 21.8 Å². The summed E-state index contributed by atoms with van der Waals surface area (Å²) in [6, 6.07) is 17.2. The van der Waals surface area contributed by atoms with Crippen LogP contribution in [0.5, 0.6) is 0 Å². The molecule has 0 unspecified atom stereocenters. The Balaban J connectivity index is 1.46. The average Bonchev–Trinajstić information content (AvgIpc) is 3.50. The van der Waals surface area contributed by atoms with E-state index in [-0.39, 0.29) is 11.7 Å². The highest BCUT2D eigenvalue weighted by atomic mass is 35.5. The van der Waals surface area contributed by atoms with Crippen LogP contribution in [0, 0.1) is 0 Å². The Kier molecular flexibility index (Phi) is 5.12. The second-order valence-electron chi connectivity index (χ2n) is 7.25. The maximum atomic E-state index is 12.3. The molecular formula is C24H16ClN5O3. The van der Waals surface area contributed by atoms with Crippen molar-refractivity contribution in [1.29, 1.82) is 0 Å². The SMILES string of the molecule is NC(=O)c1ccc(-c2cnc3nc(-c4cc(NC(=O)c5ccco5)ccc4Cl)[nH]c3c2)cc1. The summed E-state index contributed by atoms with van der Waals surface area (Å²) < 4.78 is 5.12. The smallest absolute Gasteiger partial charge is 0.291 e. The Morgan fingerprint density at radius 3 is 2.58 bits per heavy atom. The number of benzene rings is 2. The first kappa shape index (κ1) is 20.5. The van der Waals surface area contributed by atoms with Crippen molar-refractivity contribution in [1.82, 2.24) is 15.0 Å². The van der Waals surface area contributed by atoms with Gasteiger partial charge in [0.2, 0.25) is 5.91 Å². The summed E-state index contributed by atoms with van der Waals surface area (Å²) in [7, 11) is 0. The zero-order chi connectivity index (χ0) is 22.9. The van der Waals surface area contributed by atoms with E-state index >= 15 is 0 Å². The van der Waals surface area contributed by atoms with Gasteiger partial charge >= 0.3 is 0 Å². The zero-order valence-electron chi connectivity index (χ0n) is 17.0. The lowest BCUT2D eigenvalue weighted by Crippen LogP contribution is -2.10. The van der Waals surface area contributed by atoms with Crippen LogP contribution in [0.25, 0.3) is 33.7 Å². The third-order valence-electron chi connectivity index (χ3n) is 5.06. The molecule has 162 valence electrons. The Bertz CT molecular complexity index is 1490. The van der Waals surface area contributed by atoms with Gasteiger partial charge in [-0.25, -0.2) is 9.97 Å². The number of hydrogen-bond donors (Lipinski definition) is 3. The molecular weight excluding hydrogens is 442 g/mol. The molecule has 5 aromatic rings. The molecule has 9 heteroatoms. The number of H-pyrrole nitrogens is 1. The highest BCUT2D eigenvalue weighted by Gasteiger charge is 2.14. The van der Waals surface area contributed by atoms with Crippen LogP contribution >= 0.6 is 11.6 Å². The highest BCUT2D eigenvalue weighted by Crippen LogP contribution is 2.31. The van der Waals surface area contributed by atoms with E-state index in [9.17, 15) is 9.59 Å². The van der Waals surface area contributed by atoms with Crippen LogP contribution in [0.15, 0.2) is 77.5 Å². The molecule has 0 saturated heterocycles. The van der Waals surface area contributed by atoms with Crippen molar-refractivity contribution in [3.05, 3.63) is 89.5 Å². The second-order valence-corrected chi connectivity index (χ2v) is 7.66. The van der Waals surface area contributed by atoms with Crippen LogP contribution in [0.2, 0.25) is 5.02 Å². The minimum absolute atomic E-state index is 0.204. The monoisotopic (exact) mass is 457 g/mol. The van der Waals surface area contributed by atoms with E-state index in [0.29, 0.717) is 38.8 Å². The van der Waals surface area contributed by atoms with Gasteiger partial charge in [0.25, 0.3) is 5.91 Å². The molecule has 3 aromatic heterocycles. The first-order valence-electron chi connectivity index (χ1n) is 9.89. The number of halogens is 1. The molecule has 0 radical (unpaired) electrons. The van der Waals surface area contributed by atoms with Gasteiger partial charge in [-0.05, 0) is 54.1 Å². The number of carbonyl (C=O) groups is 2. The Morgan fingerprint density at radius 1 is 1.03 bits per heavy atom. The lowest BCUT2D eigenvalue weighted by Gasteiger charge is -2.07. The van der Waals surface area contributed by atoms with Gasteiger partial charge < -0.3 is 20.5 Å². The molecule has 0 atom stereocenters. The Hall–Kier alpha value is -4.43. The molecule has 0 aliphatic heterocycles. The van der Waals surface area contributed by atoms with E-state index in [2.05, 4.69) is 20.3 Å². The number of fused-ring (bicyclic) bond motifs is 1. The first-order chi connectivity index (χ1) is 16.0. The molecule has 2 aromatic carbocycles. The van der Waals surface area contributed by atoms with Crippen LogP contribution in [-0.4, -0.2) is 26.8 Å². The summed E-state index contributed by atoms with van der Waals surface area (Å²) in [5.41, 5.74) is 9.85. The number of pyridine rings is 1. The number of imidazole rings is 1. The van der Waals surface area contributed by atoms with Gasteiger partial charge in [-0.15, -0.1) is 0 Å². The minimum Gasteiger partial charge on any atom is -0.459 e. The average molecular weight is 458 g/mol. The fourth-order valence-electron chi connectivity index (χ4n) is 3.40. The van der Waals surface area contributed by atoms with Crippen molar-refractivity contribution >= 4 is 40.3 Å². The minimum atomic E-state index is -0.479. The van der Waals surface area contributed by atoms with Crippen molar-refractivity contribution in [2.24, 2.45) is 5.73 Å². The maximum Gasteiger partial charge on any atom is 0.291 e. The van der Waals surface area contributed by atoms with Crippen LogP contribution in [0.3, 0.4) is 0 Å². The highest BCUT2D eigenvalue weighted by molar-refractivity contribution is 6.33. The Morgan fingerprint density at radius 2 is 1.85 bits per heavy atom. The summed E-state index contributed by atoms with van der Waals surface area (Å²) >= 11 is 6.41. The Labute approximate surface area is 192 Å². The number of amides is 2. The van der Waals surface area contributed by atoms with Crippen molar-refractivity contribution in [3.63, 3.8) is 0 Å². The van der Waals surface area contributed by atoms with E-state index in [0.717, 1.165) is 11.1 Å². The van der Waals surface area contributed by atoms with Gasteiger partial charge in [0, 0.05) is 28.6 Å². The molecule has 0 aliphatic carbocycles. The van der Waals surface area contributed by atoms with Gasteiger partial charge in [0.05, 0.1) is 16.8 Å². The van der Waals surface area contributed by atoms with Crippen molar-refractivity contribution in [3.8, 4) is 22.5 Å². The van der Waals surface area contributed by atoms with E-state index in [1.54, 1.807) is 48.7 Å². The van der Waals surface area contributed by atoms with Crippen LogP contribution in [-0.2, 0) is 0 Å². The molecule has 3 heterocycles. The largest absolute Gasteiger partial charge is 0.459 e. The van der Waals surface area contributed by atoms with Crippen LogP contribution in [0.4, 0.5) is 5.69 Å². The first-order valence-corrected chi connectivity index (χ1v) is 10.3. The van der Waals surface area contributed by atoms with Gasteiger partial charge in [-0.1, -0.05) is 23.7 Å². The maximum absolute atomic E-state index is 12.3. The fraction of sp³-hybridized carbons (Fsp3) is 0. The quantitative estimate of drug-likeness (QED) is 0.346. The summed E-state index contributed by atoms with van der Waals surface area (Å²) in [6.07, 6.45) is 3.14. The molecule has 0 spiro atoms. The van der Waals surface area contributed by atoms with E-state index in [1.807, 2.05) is 18.2 Å². The molecule has 33 heavy (non-hydrogen) atoms. The lowest BCUT2D eigenvalue weighted by atomic mass is 10.1. The number of nitrogens with zero attached hydrogens (tertiary/aromatic N) is 2. The summed E-state index contributed by atoms with van der Waals surface area (Å²) in [5, 5.41) is 3.24. The molecule has 0 saturated carbocycles. The number of furan rings is 1. The number of anilines is 1. The number of hydrogen-bond acceptors (Lipinski definition) is 5. The fourth-order valence-corrected chi connectivity index (χ4v) is 3.60. The predicted octanol–water partition coefficient (Wildman–Crippen LogP) is 4.89. The second kappa shape index (κ2) is 8.25. The van der Waals surface area contributed by atoms with Crippen molar-refractivity contribution < 1.29 is 14.0 Å². The molecule has 0 bridgehead atoms. The molecule has 0 fully saturated rings. The number of carbonyl (C=O) groups excluding carboxylic acids is 2.